The van der Waals surface area contributed by atoms with Crippen molar-refractivity contribution in [3.63, 3.8) is 0 Å². The van der Waals surface area contributed by atoms with Gasteiger partial charge in [-0.05, 0) is 66.8 Å². The van der Waals surface area contributed by atoms with Crippen LogP contribution in [0.5, 0.6) is 5.75 Å². The fourth-order valence-electron chi connectivity index (χ4n) is 4.91. The molecule has 0 radical (unpaired) electrons. The van der Waals surface area contributed by atoms with E-state index in [0.717, 1.165) is 43.5 Å². The Bertz CT molecular complexity index is 1270. The molecule has 0 atom stereocenters. The minimum Gasteiger partial charge on any atom is -0.490 e. The van der Waals surface area contributed by atoms with Gasteiger partial charge in [0.15, 0.2) is 5.96 Å². The number of nitrogens with zero attached hydrogens (tertiary/aromatic N) is 4. The molecule has 38 heavy (non-hydrogen) atoms. The number of guanidine groups is 1. The first-order valence-electron chi connectivity index (χ1n) is 13.2. The fourth-order valence-corrected chi connectivity index (χ4v) is 6.36. The zero-order chi connectivity index (χ0) is 26.7. The predicted octanol–water partition coefficient (Wildman–Crippen LogP) is 2.16. The second kappa shape index (κ2) is 11.2. The van der Waals surface area contributed by atoms with Crippen LogP contribution in [0.25, 0.3) is 0 Å². The second-order valence-electron chi connectivity index (χ2n) is 10.1. The van der Waals surface area contributed by atoms with Crippen molar-refractivity contribution in [1.82, 2.24) is 9.80 Å². The smallest absolute Gasteiger partial charge is 0.264 e. The van der Waals surface area contributed by atoms with Gasteiger partial charge in [0.25, 0.3) is 10.0 Å². The van der Waals surface area contributed by atoms with Crippen molar-refractivity contribution < 1.29 is 18.3 Å². The molecule has 10 nitrogen and oxygen atoms in total. The minimum absolute atomic E-state index is 0.00354. The fraction of sp³-hybridized carbons (Fsp3) is 0.481. The van der Waals surface area contributed by atoms with E-state index in [1.165, 1.54) is 17.1 Å². The summed E-state index contributed by atoms with van der Waals surface area (Å²) in [5, 5.41) is 17.4. The van der Waals surface area contributed by atoms with Gasteiger partial charge in [-0.1, -0.05) is 6.07 Å². The molecule has 11 heteroatoms. The number of ether oxygens (including phenoxy) is 1. The van der Waals surface area contributed by atoms with E-state index in [2.05, 4.69) is 9.89 Å². The van der Waals surface area contributed by atoms with E-state index in [1.54, 1.807) is 35.2 Å². The maximum Gasteiger partial charge on any atom is 0.264 e. The number of rotatable bonds is 9. The number of fused-ring (bicyclic) bond motifs is 1. The quantitative estimate of drug-likeness (QED) is 0.328. The molecule has 1 saturated heterocycles. The van der Waals surface area contributed by atoms with Crippen LogP contribution in [0, 0.1) is 5.41 Å². The maximum atomic E-state index is 13.6. The number of benzene rings is 2. The highest BCUT2D eigenvalue weighted by atomic mass is 32.2. The molecule has 2 fully saturated rings. The molecule has 2 aromatic carbocycles. The molecular formula is C27H36N6O4S. The lowest BCUT2D eigenvalue weighted by Crippen LogP contribution is -2.40. The minimum atomic E-state index is -3.92. The molecular weight excluding hydrogens is 504 g/mol. The summed E-state index contributed by atoms with van der Waals surface area (Å²) < 4.78 is 34.6. The van der Waals surface area contributed by atoms with E-state index in [1.807, 2.05) is 18.5 Å². The van der Waals surface area contributed by atoms with Gasteiger partial charge in [0, 0.05) is 39.0 Å². The number of anilines is 1. The first-order valence-corrected chi connectivity index (χ1v) is 14.7. The number of nitrogens with one attached hydrogen (secondary N) is 1. The maximum absolute atomic E-state index is 13.6. The Labute approximate surface area is 224 Å². The van der Waals surface area contributed by atoms with Crippen LogP contribution in [0.4, 0.5) is 5.69 Å². The SMILES string of the molecule is N=C(N)N1CCc2ccc(N(CCO)S(=O)(=O)c3ccc(OC4CCN(C=NC5CC5)CC4)cc3)cc2C1. The molecule has 1 saturated carbocycles. The molecule has 5 rings (SSSR count). The van der Waals surface area contributed by atoms with Gasteiger partial charge in [0.2, 0.25) is 0 Å². The van der Waals surface area contributed by atoms with Crippen molar-refractivity contribution in [2.24, 2.45) is 10.7 Å². The van der Waals surface area contributed by atoms with Gasteiger partial charge in [-0.25, -0.2) is 8.42 Å². The number of likely N-dealkylation sites (tertiary alicyclic amines) is 1. The van der Waals surface area contributed by atoms with Gasteiger partial charge in [-0.2, -0.15) is 0 Å². The summed E-state index contributed by atoms with van der Waals surface area (Å²) in [4.78, 5) is 8.67. The molecule has 0 unspecified atom stereocenters. The molecule has 2 aliphatic heterocycles. The van der Waals surface area contributed by atoms with Crippen LogP contribution in [-0.4, -0.2) is 80.6 Å². The zero-order valence-corrected chi connectivity index (χ0v) is 22.3. The number of aliphatic hydroxyl groups excluding tert-OH is 1. The number of sulfonamides is 1. The average Bonchev–Trinajstić information content (AvgIpc) is 3.75. The van der Waals surface area contributed by atoms with E-state index in [4.69, 9.17) is 15.9 Å². The van der Waals surface area contributed by atoms with E-state index < -0.39 is 10.0 Å². The summed E-state index contributed by atoms with van der Waals surface area (Å²) in [7, 11) is -3.92. The van der Waals surface area contributed by atoms with Gasteiger partial charge >= 0.3 is 0 Å². The lowest BCUT2D eigenvalue weighted by molar-refractivity contribution is 0.132. The highest BCUT2D eigenvalue weighted by Crippen LogP contribution is 2.30. The van der Waals surface area contributed by atoms with Gasteiger partial charge in [0.1, 0.15) is 11.9 Å². The van der Waals surface area contributed by atoms with Crippen LogP contribution in [0.15, 0.2) is 52.4 Å². The molecule has 4 N–H and O–H groups in total. The summed E-state index contributed by atoms with van der Waals surface area (Å²) >= 11 is 0. The monoisotopic (exact) mass is 540 g/mol. The van der Waals surface area contributed by atoms with Crippen molar-refractivity contribution >= 4 is 28.0 Å². The van der Waals surface area contributed by atoms with E-state index in [-0.39, 0.29) is 30.1 Å². The van der Waals surface area contributed by atoms with Crippen LogP contribution in [0.2, 0.25) is 0 Å². The third kappa shape index (κ3) is 6.05. The summed E-state index contributed by atoms with van der Waals surface area (Å²) in [6.45, 7) is 2.51. The highest BCUT2D eigenvalue weighted by molar-refractivity contribution is 7.92. The molecule has 0 amide bonds. The third-order valence-electron chi connectivity index (χ3n) is 7.31. The summed E-state index contributed by atoms with van der Waals surface area (Å²) in [6.07, 6.45) is 6.98. The van der Waals surface area contributed by atoms with Crippen molar-refractivity contribution in [2.75, 3.05) is 37.1 Å². The number of hydrogen-bond acceptors (Lipinski definition) is 6. The molecule has 0 aromatic heterocycles. The van der Waals surface area contributed by atoms with Crippen LogP contribution in [-0.2, 0) is 23.0 Å². The topological polar surface area (TPSA) is 136 Å². The number of aliphatic hydroxyl groups is 1. The second-order valence-corrected chi connectivity index (χ2v) is 12.0. The van der Waals surface area contributed by atoms with E-state index in [9.17, 15) is 13.5 Å². The van der Waals surface area contributed by atoms with Crippen molar-refractivity contribution in [3.8, 4) is 5.75 Å². The van der Waals surface area contributed by atoms with Gasteiger partial charge in [0.05, 0.1) is 36.1 Å². The third-order valence-corrected chi connectivity index (χ3v) is 9.15. The molecule has 204 valence electrons. The standard InChI is InChI=1S/C27H36N6O4S/c28-27(29)32-14-9-20-1-4-23(17-21(20)18-32)33(15-16-34)38(35,36)26-7-5-24(6-8-26)37-25-10-12-31(13-11-25)19-30-22-2-3-22/h1,4-8,17,19,22,25,34H,2-3,9-16,18H2,(H3,28,29). The van der Waals surface area contributed by atoms with Crippen molar-refractivity contribution in [2.45, 2.75) is 55.7 Å². The molecule has 2 heterocycles. The van der Waals surface area contributed by atoms with Crippen molar-refractivity contribution in [1.29, 1.82) is 5.41 Å². The molecule has 2 aromatic rings. The Morgan fingerprint density at radius 1 is 1.11 bits per heavy atom. The number of piperidine rings is 1. The molecule has 0 spiro atoms. The zero-order valence-electron chi connectivity index (χ0n) is 21.5. The Balaban J connectivity index is 1.26. The lowest BCUT2D eigenvalue weighted by Gasteiger charge is -2.31. The van der Waals surface area contributed by atoms with Gasteiger partial charge in [-0.15, -0.1) is 0 Å². The first kappa shape index (κ1) is 26.3. The molecule has 0 bridgehead atoms. The Morgan fingerprint density at radius 2 is 1.84 bits per heavy atom. The molecule has 1 aliphatic carbocycles. The number of hydrogen-bond donors (Lipinski definition) is 3. The van der Waals surface area contributed by atoms with Crippen LogP contribution < -0.4 is 14.8 Å². The van der Waals surface area contributed by atoms with Gasteiger partial charge in [-0.3, -0.25) is 14.7 Å². The van der Waals surface area contributed by atoms with Crippen LogP contribution in [0.3, 0.4) is 0 Å². The van der Waals surface area contributed by atoms with Gasteiger partial charge < -0.3 is 25.4 Å². The van der Waals surface area contributed by atoms with Crippen LogP contribution >= 0.6 is 0 Å². The Morgan fingerprint density at radius 3 is 2.50 bits per heavy atom. The summed E-state index contributed by atoms with van der Waals surface area (Å²) in [6, 6.07) is 12.5. The molecule has 3 aliphatic rings. The largest absolute Gasteiger partial charge is 0.490 e. The Kier molecular flexibility index (Phi) is 7.75. The number of nitrogens with two attached hydrogens (primary N) is 1. The average molecular weight is 541 g/mol. The lowest BCUT2D eigenvalue weighted by atomic mass is 9.99. The predicted molar refractivity (Wildman–Crippen MR) is 147 cm³/mol. The number of aliphatic imine (C=N–C) groups is 1. The first-order chi connectivity index (χ1) is 18.3. The normalized spacial score (nSPS) is 18.4. The Hall–Kier alpha value is -3.31. The van der Waals surface area contributed by atoms with E-state index in [0.29, 0.717) is 30.6 Å². The summed E-state index contributed by atoms with van der Waals surface area (Å²) in [5.41, 5.74) is 8.17. The van der Waals surface area contributed by atoms with E-state index >= 15 is 0 Å². The van der Waals surface area contributed by atoms with Crippen molar-refractivity contribution in [3.05, 3.63) is 53.6 Å². The highest BCUT2D eigenvalue weighted by Gasteiger charge is 2.27. The summed E-state index contributed by atoms with van der Waals surface area (Å²) in [5.74, 6) is 0.636. The van der Waals surface area contributed by atoms with Crippen LogP contribution in [0.1, 0.15) is 36.8 Å².